The van der Waals surface area contributed by atoms with Gasteiger partial charge in [0.2, 0.25) is 0 Å². The summed E-state index contributed by atoms with van der Waals surface area (Å²) >= 11 is 5.78. The molecular formula is C11H11ClFN3. The number of rotatable bonds is 2. The summed E-state index contributed by atoms with van der Waals surface area (Å²) < 4.78 is 14.7. The van der Waals surface area contributed by atoms with E-state index in [-0.39, 0.29) is 11.9 Å². The van der Waals surface area contributed by atoms with Crippen LogP contribution in [0.2, 0.25) is 5.02 Å². The van der Waals surface area contributed by atoms with Crippen molar-refractivity contribution in [2.24, 2.45) is 5.73 Å². The normalized spacial score (nSPS) is 12.8. The number of halogens is 2. The maximum Gasteiger partial charge on any atom is 0.123 e. The number of nitrogens with two attached hydrogens (primary N) is 1. The molecular weight excluding hydrogens is 229 g/mol. The molecule has 1 aromatic carbocycles. The Bertz CT molecular complexity index is 508. The van der Waals surface area contributed by atoms with Crippen molar-refractivity contribution in [3.05, 3.63) is 47.0 Å². The van der Waals surface area contributed by atoms with Crippen molar-refractivity contribution in [3.63, 3.8) is 0 Å². The molecule has 84 valence electrons. The summed E-state index contributed by atoms with van der Waals surface area (Å²) in [6.45, 7) is 1.80. The zero-order valence-corrected chi connectivity index (χ0v) is 9.45. The predicted octanol–water partition coefficient (Wildman–Crippen LogP) is 2.68. The first-order chi connectivity index (χ1) is 7.58. The first kappa shape index (κ1) is 11.1. The van der Waals surface area contributed by atoms with Crippen LogP contribution in [-0.2, 0) is 0 Å². The van der Waals surface area contributed by atoms with Gasteiger partial charge in [-0.1, -0.05) is 11.6 Å². The van der Waals surface area contributed by atoms with Gasteiger partial charge in [0.25, 0.3) is 0 Å². The van der Waals surface area contributed by atoms with Crippen molar-refractivity contribution in [3.8, 4) is 5.69 Å². The molecule has 5 heteroatoms. The van der Waals surface area contributed by atoms with Crippen LogP contribution in [0.4, 0.5) is 4.39 Å². The lowest BCUT2D eigenvalue weighted by Crippen LogP contribution is -2.10. The Morgan fingerprint density at radius 1 is 1.50 bits per heavy atom. The van der Waals surface area contributed by atoms with E-state index in [1.54, 1.807) is 23.9 Å². The smallest absolute Gasteiger partial charge is 0.123 e. The van der Waals surface area contributed by atoms with Crippen molar-refractivity contribution in [2.45, 2.75) is 13.0 Å². The number of benzene rings is 1. The summed E-state index contributed by atoms with van der Waals surface area (Å²) in [6, 6.07) is 4.15. The molecule has 0 unspecified atom stereocenters. The van der Waals surface area contributed by atoms with Gasteiger partial charge in [0.15, 0.2) is 0 Å². The second kappa shape index (κ2) is 4.23. The highest BCUT2D eigenvalue weighted by Crippen LogP contribution is 2.22. The van der Waals surface area contributed by atoms with Crippen LogP contribution in [-0.4, -0.2) is 9.78 Å². The SMILES string of the molecule is C[C@@H](N)c1cc(F)ccc1-n1cc(Cl)cn1. The van der Waals surface area contributed by atoms with Crippen LogP contribution in [0.5, 0.6) is 0 Å². The van der Waals surface area contributed by atoms with Crippen molar-refractivity contribution in [1.29, 1.82) is 0 Å². The molecule has 1 atom stereocenters. The summed E-state index contributed by atoms with van der Waals surface area (Å²) in [5.41, 5.74) is 7.22. The van der Waals surface area contributed by atoms with Gasteiger partial charge < -0.3 is 5.73 Å². The van der Waals surface area contributed by atoms with Gasteiger partial charge >= 0.3 is 0 Å². The highest BCUT2D eigenvalue weighted by molar-refractivity contribution is 6.30. The summed E-state index contributed by atoms with van der Waals surface area (Å²) in [5, 5.41) is 4.59. The summed E-state index contributed by atoms with van der Waals surface area (Å²) in [7, 11) is 0. The van der Waals surface area contributed by atoms with E-state index in [4.69, 9.17) is 17.3 Å². The molecule has 0 aliphatic heterocycles. The van der Waals surface area contributed by atoms with Gasteiger partial charge in [0.05, 0.1) is 16.9 Å². The Kier molecular flexibility index (Phi) is 2.94. The minimum atomic E-state index is -0.311. The summed E-state index contributed by atoms with van der Waals surface area (Å²) in [6.07, 6.45) is 3.18. The quantitative estimate of drug-likeness (QED) is 0.876. The minimum Gasteiger partial charge on any atom is -0.324 e. The molecule has 2 rings (SSSR count). The Balaban J connectivity index is 2.56. The maximum absolute atomic E-state index is 13.1. The largest absolute Gasteiger partial charge is 0.324 e. The molecule has 0 fully saturated rings. The molecule has 0 saturated carbocycles. The maximum atomic E-state index is 13.1. The van der Waals surface area contributed by atoms with E-state index >= 15 is 0 Å². The highest BCUT2D eigenvalue weighted by Gasteiger charge is 2.10. The number of hydrogen-bond donors (Lipinski definition) is 1. The van der Waals surface area contributed by atoms with E-state index in [9.17, 15) is 4.39 Å². The van der Waals surface area contributed by atoms with Crippen LogP contribution in [0.1, 0.15) is 18.5 Å². The fraction of sp³-hybridized carbons (Fsp3) is 0.182. The average Bonchev–Trinajstić information content (AvgIpc) is 2.64. The molecule has 2 aromatic rings. The van der Waals surface area contributed by atoms with E-state index in [1.807, 2.05) is 0 Å². The zero-order chi connectivity index (χ0) is 11.7. The fourth-order valence-electron chi connectivity index (χ4n) is 1.53. The number of hydrogen-bond acceptors (Lipinski definition) is 2. The summed E-state index contributed by atoms with van der Waals surface area (Å²) in [5.74, 6) is -0.311. The van der Waals surface area contributed by atoms with Gasteiger partial charge in [-0.15, -0.1) is 0 Å². The third-order valence-corrected chi connectivity index (χ3v) is 2.47. The summed E-state index contributed by atoms with van der Waals surface area (Å²) in [4.78, 5) is 0. The van der Waals surface area contributed by atoms with Crippen molar-refractivity contribution < 1.29 is 4.39 Å². The third-order valence-electron chi connectivity index (χ3n) is 2.28. The van der Waals surface area contributed by atoms with Gasteiger partial charge in [-0.25, -0.2) is 9.07 Å². The molecule has 0 spiro atoms. The van der Waals surface area contributed by atoms with Crippen LogP contribution < -0.4 is 5.73 Å². The van der Waals surface area contributed by atoms with E-state index in [2.05, 4.69) is 5.10 Å². The van der Waals surface area contributed by atoms with Gasteiger partial charge in [-0.3, -0.25) is 0 Å². The molecule has 0 radical (unpaired) electrons. The monoisotopic (exact) mass is 239 g/mol. The Labute approximate surface area is 97.6 Å². The first-order valence-corrected chi connectivity index (χ1v) is 5.21. The standard InChI is InChI=1S/C11H11ClFN3/c1-7(14)10-4-9(13)2-3-11(10)16-6-8(12)5-15-16/h2-7H,14H2,1H3/t7-/m1/s1. The van der Waals surface area contributed by atoms with E-state index < -0.39 is 0 Å². The molecule has 0 aliphatic rings. The molecule has 1 heterocycles. The molecule has 16 heavy (non-hydrogen) atoms. The molecule has 2 N–H and O–H groups in total. The van der Waals surface area contributed by atoms with Crippen molar-refractivity contribution >= 4 is 11.6 Å². The highest BCUT2D eigenvalue weighted by atomic mass is 35.5. The lowest BCUT2D eigenvalue weighted by Gasteiger charge is -2.12. The van der Waals surface area contributed by atoms with Crippen molar-refractivity contribution in [2.75, 3.05) is 0 Å². The molecule has 0 amide bonds. The van der Waals surface area contributed by atoms with Gasteiger partial charge in [-0.2, -0.15) is 5.10 Å². The van der Waals surface area contributed by atoms with Crippen molar-refractivity contribution in [1.82, 2.24) is 9.78 Å². The second-order valence-electron chi connectivity index (χ2n) is 3.59. The second-order valence-corrected chi connectivity index (χ2v) is 4.03. The Hall–Kier alpha value is -1.39. The topological polar surface area (TPSA) is 43.8 Å². The Morgan fingerprint density at radius 3 is 2.81 bits per heavy atom. The van der Waals surface area contributed by atoms with E-state index in [0.717, 1.165) is 5.69 Å². The van der Waals surface area contributed by atoms with Crippen LogP contribution in [0.15, 0.2) is 30.6 Å². The third kappa shape index (κ3) is 2.08. The molecule has 3 nitrogen and oxygen atoms in total. The fourth-order valence-corrected chi connectivity index (χ4v) is 1.67. The number of aromatic nitrogens is 2. The molecule has 0 aliphatic carbocycles. The van der Waals surface area contributed by atoms with Gasteiger partial charge in [-0.05, 0) is 30.7 Å². The Morgan fingerprint density at radius 2 is 2.25 bits per heavy atom. The van der Waals surface area contributed by atoms with Crippen LogP contribution >= 0.6 is 11.6 Å². The predicted molar refractivity (Wildman–Crippen MR) is 61.1 cm³/mol. The average molecular weight is 240 g/mol. The number of nitrogens with zero attached hydrogens (tertiary/aromatic N) is 2. The van der Waals surface area contributed by atoms with Crippen LogP contribution in [0.25, 0.3) is 5.69 Å². The van der Waals surface area contributed by atoms with Gasteiger partial charge in [0.1, 0.15) is 5.82 Å². The first-order valence-electron chi connectivity index (χ1n) is 4.83. The molecule has 1 aromatic heterocycles. The molecule has 0 bridgehead atoms. The minimum absolute atomic E-state index is 0.270. The van der Waals surface area contributed by atoms with E-state index in [1.165, 1.54) is 18.3 Å². The lowest BCUT2D eigenvalue weighted by molar-refractivity contribution is 0.620. The van der Waals surface area contributed by atoms with Gasteiger partial charge in [0, 0.05) is 12.2 Å². The lowest BCUT2D eigenvalue weighted by atomic mass is 10.1. The molecule has 0 saturated heterocycles. The van der Waals surface area contributed by atoms with Crippen LogP contribution in [0, 0.1) is 5.82 Å². The van der Waals surface area contributed by atoms with Crippen LogP contribution in [0.3, 0.4) is 0 Å². The zero-order valence-electron chi connectivity index (χ0n) is 8.69. The van der Waals surface area contributed by atoms with E-state index in [0.29, 0.717) is 10.6 Å².